The smallest absolute Gasteiger partial charge is 0.263 e. The summed E-state index contributed by atoms with van der Waals surface area (Å²) in [6.45, 7) is 0.224. The summed E-state index contributed by atoms with van der Waals surface area (Å²) >= 11 is 8.66. The van der Waals surface area contributed by atoms with Crippen LogP contribution in [0.15, 0.2) is 52.9 Å². The molecule has 10 heteroatoms. The van der Waals surface area contributed by atoms with E-state index in [4.69, 9.17) is 11.6 Å². The molecule has 0 aliphatic heterocycles. The van der Waals surface area contributed by atoms with Crippen molar-refractivity contribution >= 4 is 50.2 Å². The maximum Gasteiger partial charge on any atom is 0.263 e. The van der Waals surface area contributed by atoms with E-state index in [9.17, 15) is 13.2 Å². The van der Waals surface area contributed by atoms with E-state index >= 15 is 0 Å². The molecule has 0 atom stereocenters. The molecule has 0 aliphatic carbocycles. The minimum Gasteiger partial charge on any atom is -0.350 e. The lowest BCUT2D eigenvalue weighted by Gasteiger charge is -2.07. The fourth-order valence-corrected chi connectivity index (χ4v) is 5.03. The van der Waals surface area contributed by atoms with Gasteiger partial charge in [0.05, 0.1) is 16.0 Å². The molecule has 2 N–H and O–H groups in total. The first-order valence-electron chi connectivity index (χ1n) is 7.49. The molecule has 26 heavy (non-hydrogen) atoms. The number of aromatic nitrogens is 1. The summed E-state index contributed by atoms with van der Waals surface area (Å²) < 4.78 is 26.7. The van der Waals surface area contributed by atoms with E-state index in [1.54, 1.807) is 23.5 Å². The van der Waals surface area contributed by atoms with Gasteiger partial charge in [-0.1, -0.05) is 23.7 Å². The number of nitrogens with zero attached hydrogens (tertiary/aromatic N) is 1. The van der Waals surface area contributed by atoms with Crippen molar-refractivity contribution in [1.29, 1.82) is 0 Å². The Kier molecular flexibility index (Phi) is 6.05. The molecule has 0 saturated heterocycles. The number of halogens is 1. The van der Waals surface area contributed by atoms with Gasteiger partial charge < -0.3 is 5.32 Å². The molecule has 2 aromatic heterocycles. The van der Waals surface area contributed by atoms with Crippen LogP contribution in [0.4, 0.5) is 0 Å². The Morgan fingerprint density at radius 3 is 2.77 bits per heavy atom. The molecule has 1 aromatic carbocycles. The van der Waals surface area contributed by atoms with Crippen molar-refractivity contribution in [1.82, 2.24) is 15.0 Å². The molecular weight excluding hydrogens is 414 g/mol. The van der Waals surface area contributed by atoms with Crippen molar-refractivity contribution in [2.24, 2.45) is 0 Å². The van der Waals surface area contributed by atoms with Crippen LogP contribution in [0, 0.1) is 0 Å². The average Bonchev–Trinajstić information content (AvgIpc) is 3.29. The minimum atomic E-state index is -3.66. The average molecular weight is 428 g/mol. The zero-order chi connectivity index (χ0) is 18.6. The highest BCUT2D eigenvalue weighted by Gasteiger charge is 2.15. The van der Waals surface area contributed by atoms with Crippen LogP contribution in [0.5, 0.6) is 0 Å². The largest absolute Gasteiger partial charge is 0.350 e. The van der Waals surface area contributed by atoms with Gasteiger partial charge in [-0.2, -0.15) is 0 Å². The van der Waals surface area contributed by atoms with Crippen LogP contribution < -0.4 is 10.0 Å². The van der Waals surface area contributed by atoms with Gasteiger partial charge in [0.2, 0.25) is 10.0 Å². The second-order valence-corrected chi connectivity index (χ2v) is 9.30. The Hall–Kier alpha value is -1.78. The summed E-state index contributed by atoms with van der Waals surface area (Å²) in [7, 11) is -3.66. The standard InChI is InChI=1S/C16H14ClN3O3S3/c17-11-3-1-4-12(9-11)26(22,23)20-7-6-18-15(21)14-10-19-16(25-14)13-5-2-8-24-13/h1-5,8-10,20H,6-7H2,(H,18,21). The van der Waals surface area contributed by atoms with Crippen LogP contribution in [-0.2, 0) is 10.0 Å². The summed E-state index contributed by atoms with van der Waals surface area (Å²) in [5.74, 6) is -0.285. The summed E-state index contributed by atoms with van der Waals surface area (Å²) in [5, 5.41) is 5.75. The van der Waals surface area contributed by atoms with Crippen molar-refractivity contribution in [3.63, 3.8) is 0 Å². The number of hydrogen-bond donors (Lipinski definition) is 2. The lowest BCUT2D eigenvalue weighted by Crippen LogP contribution is -2.34. The predicted octanol–water partition coefficient (Wildman–Crippen LogP) is 3.23. The number of nitrogens with one attached hydrogen (secondary N) is 2. The highest BCUT2D eigenvalue weighted by molar-refractivity contribution is 7.89. The molecule has 1 amide bonds. The molecule has 136 valence electrons. The first kappa shape index (κ1) is 19.0. The number of hydrogen-bond acceptors (Lipinski definition) is 6. The lowest BCUT2D eigenvalue weighted by molar-refractivity contribution is 0.0958. The first-order valence-corrected chi connectivity index (χ1v) is 11.0. The van der Waals surface area contributed by atoms with Crippen molar-refractivity contribution in [2.45, 2.75) is 4.90 Å². The topological polar surface area (TPSA) is 88.2 Å². The van der Waals surface area contributed by atoms with Crippen LogP contribution in [0.1, 0.15) is 9.67 Å². The Balaban J connectivity index is 1.51. The zero-order valence-corrected chi connectivity index (χ0v) is 16.5. The number of carbonyl (C=O) groups is 1. The summed E-state index contributed by atoms with van der Waals surface area (Å²) in [4.78, 5) is 17.9. The third kappa shape index (κ3) is 4.68. The Morgan fingerprint density at radius 2 is 2.04 bits per heavy atom. The van der Waals surface area contributed by atoms with E-state index in [2.05, 4.69) is 15.0 Å². The van der Waals surface area contributed by atoms with Gasteiger partial charge in [-0.15, -0.1) is 22.7 Å². The fourth-order valence-electron chi connectivity index (χ4n) is 2.06. The molecule has 2 heterocycles. The first-order chi connectivity index (χ1) is 12.5. The van der Waals surface area contributed by atoms with Crippen LogP contribution in [0.25, 0.3) is 9.88 Å². The number of sulfonamides is 1. The molecule has 3 aromatic rings. The van der Waals surface area contributed by atoms with E-state index in [-0.39, 0.29) is 23.9 Å². The van der Waals surface area contributed by atoms with Crippen molar-refractivity contribution in [2.75, 3.05) is 13.1 Å². The molecule has 0 spiro atoms. The number of thiophene rings is 1. The van der Waals surface area contributed by atoms with Gasteiger partial charge in [-0.3, -0.25) is 4.79 Å². The minimum absolute atomic E-state index is 0.0666. The lowest BCUT2D eigenvalue weighted by atomic mass is 10.4. The Labute approximate surface area is 163 Å². The molecule has 3 rings (SSSR count). The Morgan fingerprint density at radius 1 is 1.19 bits per heavy atom. The van der Waals surface area contributed by atoms with E-state index < -0.39 is 10.0 Å². The van der Waals surface area contributed by atoms with Crippen molar-refractivity contribution in [3.8, 4) is 9.88 Å². The van der Waals surface area contributed by atoms with Gasteiger partial charge >= 0.3 is 0 Å². The van der Waals surface area contributed by atoms with E-state index in [0.717, 1.165) is 9.88 Å². The van der Waals surface area contributed by atoms with E-state index in [1.165, 1.54) is 29.7 Å². The van der Waals surface area contributed by atoms with E-state index in [0.29, 0.717) is 9.90 Å². The second-order valence-electron chi connectivity index (χ2n) is 5.12. The molecule has 6 nitrogen and oxygen atoms in total. The maximum absolute atomic E-state index is 12.1. The van der Waals surface area contributed by atoms with Crippen LogP contribution in [0.2, 0.25) is 5.02 Å². The molecule has 0 fully saturated rings. The number of rotatable bonds is 7. The van der Waals surface area contributed by atoms with Crippen LogP contribution in [0.3, 0.4) is 0 Å². The molecule has 0 aliphatic rings. The number of carbonyl (C=O) groups excluding carboxylic acids is 1. The summed E-state index contributed by atoms with van der Waals surface area (Å²) in [5.41, 5.74) is 0. The number of thiazole rings is 1. The molecule has 0 unspecified atom stereocenters. The maximum atomic E-state index is 12.1. The van der Waals surface area contributed by atoms with Gasteiger partial charge in [-0.05, 0) is 29.6 Å². The fraction of sp³-hybridized carbons (Fsp3) is 0.125. The van der Waals surface area contributed by atoms with Crippen molar-refractivity contribution in [3.05, 3.63) is 57.9 Å². The second kappa shape index (κ2) is 8.28. The highest BCUT2D eigenvalue weighted by atomic mass is 35.5. The summed E-state index contributed by atoms with van der Waals surface area (Å²) in [6, 6.07) is 9.85. The van der Waals surface area contributed by atoms with Crippen LogP contribution in [-0.4, -0.2) is 32.4 Å². The van der Waals surface area contributed by atoms with Gasteiger partial charge in [0, 0.05) is 18.1 Å². The van der Waals surface area contributed by atoms with E-state index in [1.807, 2.05) is 17.5 Å². The predicted molar refractivity (Wildman–Crippen MR) is 104 cm³/mol. The monoisotopic (exact) mass is 427 g/mol. The molecule has 0 radical (unpaired) electrons. The van der Waals surface area contributed by atoms with Gasteiger partial charge in [-0.25, -0.2) is 18.1 Å². The quantitative estimate of drug-likeness (QED) is 0.566. The third-order valence-corrected chi connectivity index (χ3v) is 7.00. The normalized spacial score (nSPS) is 11.4. The summed E-state index contributed by atoms with van der Waals surface area (Å²) in [6.07, 6.45) is 1.52. The van der Waals surface area contributed by atoms with Gasteiger partial charge in [0.25, 0.3) is 5.91 Å². The SMILES string of the molecule is O=C(NCCNS(=O)(=O)c1cccc(Cl)c1)c1cnc(-c2cccs2)s1. The molecule has 0 saturated carbocycles. The highest BCUT2D eigenvalue weighted by Crippen LogP contribution is 2.28. The molecular formula is C16H14ClN3O3S3. The molecule has 0 bridgehead atoms. The van der Waals surface area contributed by atoms with Crippen LogP contribution >= 0.6 is 34.3 Å². The third-order valence-electron chi connectivity index (χ3n) is 3.27. The zero-order valence-electron chi connectivity index (χ0n) is 13.3. The van der Waals surface area contributed by atoms with Crippen molar-refractivity contribution < 1.29 is 13.2 Å². The number of benzene rings is 1. The van der Waals surface area contributed by atoms with Gasteiger partial charge in [0.15, 0.2) is 0 Å². The van der Waals surface area contributed by atoms with Gasteiger partial charge in [0.1, 0.15) is 9.88 Å². The number of amides is 1. The Bertz CT molecular complexity index is 1000.